The van der Waals surface area contributed by atoms with Crippen molar-refractivity contribution in [2.24, 2.45) is 5.73 Å². The van der Waals surface area contributed by atoms with Crippen molar-refractivity contribution in [2.75, 3.05) is 17.6 Å². The van der Waals surface area contributed by atoms with E-state index in [0.29, 0.717) is 0 Å². The van der Waals surface area contributed by atoms with Crippen molar-refractivity contribution in [2.45, 2.75) is 25.6 Å². The fourth-order valence-electron chi connectivity index (χ4n) is 1.63. The van der Waals surface area contributed by atoms with Gasteiger partial charge in [0.1, 0.15) is 5.75 Å². The quantitative estimate of drug-likeness (QED) is 0.805. The summed E-state index contributed by atoms with van der Waals surface area (Å²) in [5, 5.41) is 0. The van der Waals surface area contributed by atoms with E-state index in [1.807, 2.05) is 0 Å². The zero-order valence-electron chi connectivity index (χ0n) is 11.4. The number of rotatable bonds is 7. The minimum Gasteiger partial charge on any atom is -0.495 e. The first kappa shape index (κ1) is 17.6. The Kier molecular flexibility index (Phi) is 5.85. The number of methoxy groups -OCH3 is 1. The molecule has 0 spiro atoms. The molecule has 0 saturated heterocycles. The molecule has 1 aromatic rings. The maximum atomic E-state index is 12.0. The molecule has 21 heavy (non-hydrogen) atoms. The number of hydrogen-bond acceptors (Lipinski definition) is 4. The number of alkyl halides is 3. The Balaban J connectivity index is 2.75. The summed E-state index contributed by atoms with van der Waals surface area (Å²) in [6.45, 7) is 0.259. The van der Waals surface area contributed by atoms with Gasteiger partial charge >= 0.3 is 6.18 Å². The summed E-state index contributed by atoms with van der Waals surface area (Å²) < 4.78 is 66.8. The third-order valence-electron chi connectivity index (χ3n) is 2.64. The Bertz CT molecular complexity index is 574. The molecule has 0 aliphatic rings. The standard InChI is InChI=1S/C12H17F3N2O3S/c1-20-11-7-9(8-16)3-4-10(11)17-21(18,19)6-2-5-12(13,14)15/h3-4,7,17H,2,5-6,8,16H2,1H3. The van der Waals surface area contributed by atoms with Gasteiger partial charge in [-0.1, -0.05) is 6.07 Å². The van der Waals surface area contributed by atoms with Crippen molar-refractivity contribution in [3.8, 4) is 5.75 Å². The van der Waals surface area contributed by atoms with E-state index in [4.69, 9.17) is 10.5 Å². The van der Waals surface area contributed by atoms with Crippen LogP contribution in [-0.2, 0) is 16.6 Å². The van der Waals surface area contributed by atoms with Gasteiger partial charge in [0.05, 0.1) is 18.6 Å². The first-order valence-electron chi connectivity index (χ1n) is 6.11. The molecule has 3 N–H and O–H groups in total. The number of halogens is 3. The molecule has 5 nitrogen and oxygen atoms in total. The van der Waals surface area contributed by atoms with Crippen molar-refractivity contribution in [1.29, 1.82) is 0 Å². The van der Waals surface area contributed by atoms with Crippen molar-refractivity contribution in [3.63, 3.8) is 0 Å². The lowest BCUT2D eigenvalue weighted by atomic mass is 10.2. The van der Waals surface area contributed by atoms with Crippen LogP contribution >= 0.6 is 0 Å². The van der Waals surface area contributed by atoms with Crippen LogP contribution in [0.15, 0.2) is 18.2 Å². The van der Waals surface area contributed by atoms with Crippen LogP contribution in [0.1, 0.15) is 18.4 Å². The maximum Gasteiger partial charge on any atom is 0.389 e. The number of benzene rings is 1. The third-order valence-corrected chi connectivity index (χ3v) is 4.00. The zero-order valence-corrected chi connectivity index (χ0v) is 12.2. The van der Waals surface area contributed by atoms with Gasteiger partial charge in [0.15, 0.2) is 0 Å². The molecule has 0 saturated carbocycles. The van der Waals surface area contributed by atoms with E-state index in [1.54, 1.807) is 12.1 Å². The van der Waals surface area contributed by atoms with Crippen molar-refractivity contribution in [3.05, 3.63) is 23.8 Å². The topological polar surface area (TPSA) is 81.4 Å². The number of ether oxygens (including phenoxy) is 1. The van der Waals surface area contributed by atoms with Crippen LogP contribution in [0.25, 0.3) is 0 Å². The lowest BCUT2D eigenvalue weighted by Crippen LogP contribution is -2.19. The lowest BCUT2D eigenvalue weighted by Gasteiger charge is -2.13. The summed E-state index contributed by atoms with van der Waals surface area (Å²) in [6, 6.07) is 4.63. The normalized spacial score (nSPS) is 12.2. The van der Waals surface area contributed by atoms with E-state index in [1.165, 1.54) is 13.2 Å². The first-order valence-corrected chi connectivity index (χ1v) is 7.76. The van der Waals surface area contributed by atoms with E-state index >= 15 is 0 Å². The largest absolute Gasteiger partial charge is 0.495 e. The average molecular weight is 326 g/mol. The molecule has 9 heteroatoms. The first-order chi connectivity index (χ1) is 9.67. The van der Waals surface area contributed by atoms with Crippen molar-refractivity contribution >= 4 is 15.7 Å². The molecule has 0 radical (unpaired) electrons. The number of hydrogen-bond donors (Lipinski definition) is 2. The Labute approximate surface area is 121 Å². The molecule has 0 aromatic heterocycles. The fourth-order valence-corrected chi connectivity index (χ4v) is 2.76. The molecule has 0 atom stereocenters. The predicted molar refractivity (Wildman–Crippen MR) is 73.6 cm³/mol. The van der Waals surface area contributed by atoms with Gasteiger partial charge in [0, 0.05) is 13.0 Å². The predicted octanol–water partition coefficient (Wildman–Crippen LogP) is 2.24. The van der Waals surface area contributed by atoms with E-state index < -0.39 is 34.8 Å². The van der Waals surface area contributed by atoms with Crippen LogP contribution in [-0.4, -0.2) is 27.5 Å². The van der Waals surface area contributed by atoms with E-state index in [9.17, 15) is 21.6 Å². The van der Waals surface area contributed by atoms with Crippen LogP contribution < -0.4 is 15.2 Å². The summed E-state index contributed by atoms with van der Waals surface area (Å²) in [5.41, 5.74) is 6.37. The lowest BCUT2D eigenvalue weighted by molar-refractivity contribution is -0.134. The highest BCUT2D eigenvalue weighted by atomic mass is 32.2. The van der Waals surface area contributed by atoms with Crippen molar-refractivity contribution in [1.82, 2.24) is 0 Å². The molecule has 0 aliphatic heterocycles. The van der Waals surface area contributed by atoms with Gasteiger partial charge in [-0.3, -0.25) is 4.72 Å². The van der Waals surface area contributed by atoms with E-state index in [0.717, 1.165) is 5.56 Å². The fraction of sp³-hybridized carbons (Fsp3) is 0.500. The van der Waals surface area contributed by atoms with Gasteiger partial charge in [0.2, 0.25) is 10.0 Å². The van der Waals surface area contributed by atoms with Gasteiger partial charge in [-0.15, -0.1) is 0 Å². The number of nitrogens with two attached hydrogens (primary N) is 1. The second-order valence-electron chi connectivity index (χ2n) is 4.38. The highest BCUT2D eigenvalue weighted by Gasteiger charge is 2.27. The Morgan fingerprint density at radius 2 is 2.00 bits per heavy atom. The molecule has 0 fully saturated rings. The van der Waals surface area contributed by atoms with Gasteiger partial charge in [-0.25, -0.2) is 8.42 Å². The smallest absolute Gasteiger partial charge is 0.389 e. The minimum absolute atomic E-state index is 0.168. The monoisotopic (exact) mass is 326 g/mol. The van der Waals surface area contributed by atoms with Crippen LogP contribution in [0, 0.1) is 0 Å². The van der Waals surface area contributed by atoms with E-state index in [2.05, 4.69) is 4.72 Å². The van der Waals surface area contributed by atoms with Crippen LogP contribution in [0.4, 0.5) is 18.9 Å². The molecular weight excluding hydrogens is 309 g/mol. The van der Waals surface area contributed by atoms with Gasteiger partial charge in [-0.05, 0) is 24.1 Å². The van der Waals surface area contributed by atoms with Crippen LogP contribution in [0.2, 0.25) is 0 Å². The molecule has 1 rings (SSSR count). The average Bonchev–Trinajstić information content (AvgIpc) is 2.36. The van der Waals surface area contributed by atoms with Gasteiger partial charge < -0.3 is 10.5 Å². The highest BCUT2D eigenvalue weighted by Crippen LogP contribution is 2.27. The molecule has 0 heterocycles. The summed E-state index contributed by atoms with van der Waals surface area (Å²) in [7, 11) is -2.51. The highest BCUT2D eigenvalue weighted by molar-refractivity contribution is 7.92. The van der Waals surface area contributed by atoms with E-state index in [-0.39, 0.29) is 18.0 Å². The van der Waals surface area contributed by atoms with Crippen molar-refractivity contribution < 1.29 is 26.3 Å². The SMILES string of the molecule is COc1cc(CN)ccc1NS(=O)(=O)CCCC(F)(F)F. The molecule has 1 aromatic carbocycles. The number of anilines is 1. The molecule has 0 aliphatic carbocycles. The van der Waals surface area contributed by atoms with Gasteiger partial charge in [0.25, 0.3) is 0 Å². The van der Waals surface area contributed by atoms with Gasteiger partial charge in [-0.2, -0.15) is 13.2 Å². The maximum absolute atomic E-state index is 12.0. The molecule has 0 bridgehead atoms. The Hall–Kier alpha value is -1.48. The molecular formula is C12H17F3N2O3S. The minimum atomic E-state index is -4.37. The third kappa shape index (κ3) is 6.21. The summed E-state index contributed by atoms with van der Waals surface area (Å²) in [5.74, 6) is -0.355. The van der Waals surface area contributed by atoms with Crippen LogP contribution in [0.5, 0.6) is 5.75 Å². The number of sulfonamides is 1. The molecule has 0 unspecified atom stereocenters. The summed E-state index contributed by atoms with van der Waals surface area (Å²) in [6.07, 6.45) is -6.00. The Morgan fingerprint density at radius 1 is 1.33 bits per heavy atom. The zero-order chi connectivity index (χ0) is 16.1. The summed E-state index contributed by atoms with van der Waals surface area (Å²) in [4.78, 5) is 0. The summed E-state index contributed by atoms with van der Waals surface area (Å²) >= 11 is 0. The molecule has 120 valence electrons. The number of nitrogens with one attached hydrogen (secondary N) is 1. The molecule has 0 amide bonds. The second-order valence-corrected chi connectivity index (χ2v) is 6.22. The second kappa shape index (κ2) is 6.99. The Morgan fingerprint density at radius 3 is 2.52 bits per heavy atom. The van der Waals surface area contributed by atoms with Crippen LogP contribution in [0.3, 0.4) is 0 Å².